The Bertz CT molecular complexity index is 599. The van der Waals surface area contributed by atoms with E-state index in [1.165, 1.54) is 0 Å². The molecule has 2 N–H and O–H groups in total. The van der Waals surface area contributed by atoms with Gasteiger partial charge in [0, 0.05) is 29.9 Å². The Balaban J connectivity index is 1.81. The van der Waals surface area contributed by atoms with Gasteiger partial charge < -0.3 is 15.0 Å². The second-order valence-corrected chi connectivity index (χ2v) is 5.22. The van der Waals surface area contributed by atoms with Gasteiger partial charge in [0.15, 0.2) is 6.10 Å². The van der Waals surface area contributed by atoms with E-state index in [1.807, 2.05) is 6.92 Å². The number of halogens is 1. The van der Waals surface area contributed by atoms with E-state index in [-0.39, 0.29) is 5.91 Å². The Morgan fingerprint density at radius 2 is 2.33 bits per heavy atom. The number of H-pyrrole nitrogens is 1. The highest BCUT2D eigenvalue weighted by molar-refractivity contribution is 6.30. The number of nitrogens with zero attached hydrogens (tertiary/aromatic N) is 1. The van der Waals surface area contributed by atoms with Crippen molar-refractivity contribution >= 4 is 17.5 Å². The number of hydrogen-bond donors (Lipinski definition) is 2. The summed E-state index contributed by atoms with van der Waals surface area (Å²) in [6.07, 6.45) is 3.50. The summed E-state index contributed by atoms with van der Waals surface area (Å²) in [5.74, 6) is 0.513. The molecular formula is C15H18ClN3O2. The number of amides is 1. The molecule has 112 valence electrons. The molecule has 0 bridgehead atoms. The molecule has 6 heteroatoms. The number of rotatable bonds is 6. The van der Waals surface area contributed by atoms with Crippen molar-refractivity contribution in [2.75, 3.05) is 6.54 Å². The van der Waals surface area contributed by atoms with Gasteiger partial charge in [-0.2, -0.15) is 0 Å². The molecule has 1 aromatic heterocycles. The molecule has 2 aromatic rings. The van der Waals surface area contributed by atoms with Gasteiger partial charge in [0.1, 0.15) is 5.75 Å². The maximum absolute atomic E-state index is 12.0. The van der Waals surface area contributed by atoms with Crippen LogP contribution >= 0.6 is 11.6 Å². The van der Waals surface area contributed by atoms with Crippen LogP contribution < -0.4 is 10.1 Å². The predicted octanol–water partition coefficient (Wildman–Crippen LogP) is 2.50. The molecule has 0 aliphatic heterocycles. The number of ether oxygens (including phenoxy) is 1. The maximum atomic E-state index is 12.0. The van der Waals surface area contributed by atoms with Crippen LogP contribution in [0.5, 0.6) is 5.75 Å². The Morgan fingerprint density at radius 3 is 3.00 bits per heavy atom. The highest BCUT2D eigenvalue weighted by Crippen LogP contribution is 2.22. The zero-order chi connectivity index (χ0) is 15.2. The lowest BCUT2D eigenvalue weighted by atomic mass is 10.2. The van der Waals surface area contributed by atoms with Crippen LogP contribution in [-0.2, 0) is 11.2 Å². The normalized spacial score (nSPS) is 12.0. The first-order valence-electron chi connectivity index (χ1n) is 6.74. The molecule has 1 amide bonds. The minimum Gasteiger partial charge on any atom is -0.481 e. The summed E-state index contributed by atoms with van der Waals surface area (Å²) in [7, 11) is 0. The van der Waals surface area contributed by atoms with Crippen molar-refractivity contribution in [3.63, 3.8) is 0 Å². The molecule has 0 saturated carbocycles. The van der Waals surface area contributed by atoms with Gasteiger partial charge in [-0.3, -0.25) is 4.79 Å². The number of benzene rings is 1. The lowest BCUT2D eigenvalue weighted by Crippen LogP contribution is -2.37. The molecular weight excluding hydrogens is 290 g/mol. The summed E-state index contributed by atoms with van der Waals surface area (Å²) in [6.45, 7) is 4.15. The standard InChI is InChI=1S/C15H18ClN3O2/c1-10-7-12(16)3-4-14(10)21-11(2)15(20)18-6-5-13-8-17-9-19-13/h3-4,7-9,11H,5-6H2,1-2H3,(H,17,19)(H,18,20). The van der Waals surface area contributed by atoms with Crippen LogP contribution in [0.1, 0.15) is 18.2 Å². The lowest BCUT2D eigenvalue weighted by molar-refractivity contribution is -0.127. The van der Waals surface area contributed by atoms with Crippen molar-refractivity contribution < 1.29 is 9.53 Å². The van der Waals surface area contributed by atoms with Gasteiger partial charge in [0.2, 0.25) is 0 Å². The molecule has 1 unspecified atom stereocenters. The summed E-state index contributed by atoms with van der Waals surface area (Å²) >= 11 is 5.89. The van der Waals surface area contributed by atoms with Crippen molar-refractivity contribution in [3.8, 4) is 5.75 Å². The third-order valence-corrected chi connectivity index (χ3v) is 3.29. The number of carbonyl (C=O) groups is 1. The molecule has 1 atom stereocenters. The molecule has 0 aliphatic rings. The molecule has 1 aromatic carbocycles. The summed E-state index contributed by atoms with van der Waals surface area (Å²) in [5, 5.41) is 3.48. The van der Waals surface area contributed by atoms with E-state index in [0.717, 1.165) is 11.3 Å². The number of aromatic amines is 1. The topological polar surface area (TPSA) is 67.0 Å². The van der Waals surface area contributed by atoms with Gasteiger partial charge >= 0.3 is 0 Å². The van der Waals surface area contributed by atoms with Gasteiger partial charge in [-0.15, -0.1) is 0 Å². The Labute approximate surface area is 128 Å². The van der Waals surface area contributed by atoms with Gasteiger partial charge in [0.25, 0.3) is 5.91 Å². The van der Waals surface area contributed by atoms with Crippen LogP contribution in [0.2, 0.25) is 5.02 Å². The fraction of sp³-hybridized carbons (Fsp3) is 0.333. The van der Waals surface area contributed by atoms with E-state index in [1.54, 1.807) is 37.6 Å². The number of nitrogens with one attached hydrogen (secondary N) is 2. The number of carbonyl (C=O) groups excluding carboxylic acids is 1. The number of hydrogen-bond acceptors (Lipinski definition) is 3. The van der Waals surface area contributed by atoms with Crippen LogP contribution in [0.4, 0.5) is 0 Å². The SMILES string of the molecule is Cc1cc(Cl)ccc1OC(C)C(=O)NCCc1cnc[nH]1. The molecule has 0 radical (unpaired) electrons. The van der Waals surface area contributed by atoms with Crippen LogP contribution in [0.25, 0.3) is 0 Å². The van der Waals surface area contributed by atoms with E-state index in [0.29, 0.717) is 23.7 Å². The van der Waals surface area contributed by atoms with Crippen LogP contribution in [0.3, 0.4) is 0 Å². The highest BCUT2D eigenvalue weighted by atomic mass is 35.5. The van der Waals surface area contributed by atoms with Crippen LogP contribution in [0.15, 0.2) is 30.7 Å². The van der Waals surface area contributed by atoms with Gasteiger partial charge in [-0.05, 0) is 37.6 Å². The summed E-state index contributed by atoms with van der Waals surface area (Å²) in [5.41, 5.74) is 1.89. The average molecular weight is 308 g/mol. The largest absolute Gasteiger partial charge is 0.481 e. The Kier molecular flexibility index (Phi) is 5.22. The first-order chi connectivity index (χ1) is 10.1. The molecule has 0 saturated heterocycles. The summed E-state index contributed by atoms with van der Waals surface area (Å²) < 4.78 is 5.66. The third kappa shape index (κ3) is 4.49. The fourth-order valence-corrected chi connectivity index (χ4v) is 2.10. The van der Waals surface area contributed by atoms with Crippen LogP contribution in [0, 0.1) is 6.92 Å². The van der Waals surface area contributed by atoms with Crippen molar-refractivity contribution in [1.29, 1.82) is 0 Å². The quantitative estimate of drug-likeness (QED) is 0.861. The third-order valence-electron chi connectivity index (χ3n) is 3.06. The van der Waals surface area contributed by atoms with Crippen LogP contribution in [-0.4, -0.2) is 28.5 Å². The van der Waals surface area contributed by atoms with Gasteiger partial charge in [-0.1, -0.05) is 11.6 Å². The molecule has 2 rings (SSSR count). The monoisotopic (exact) mass is 307 g/mol. The predicted molar refractivity (Wildman–Crippen MR) is 81.6 cm³/mol. The average Bonchev–Trinajstić information content (AvgIpc) is 2.95. The molecule has 0 fully saturated rings. The first-order valence-corrected chi connectivity index (χ1v) is 7.12. The maximum Gasteiger partial charge on any atom is 0.260 e. The van der Waals surface area contributed by atoms with Crippen molar-refractivity contribution in [2.45, 2.75) is 26.4 Å². The smallest absolute Gasteiger partial charge is 0.260 e. The second kappa shape index (κ2) is 7.13. The number of imidazole rings is 1. The zero-order valence-electron chi connectivity index (χ0n) is 12.0. The Hall–Kier alpha value is -2.01. The molecule has 5 nitrogen and oxygen atoms in total. The van der Waals surface area contributed by atoms with Crippen molar-refractivity contribution in [3.05, 3.63) is 47.0 Å². The van der Waals surface area contributed by atoms with Crippen molar-refractivity contribution in [1.82, 2.24) is 15.3 Å². The fourth-order valence-electron chi connectivity index (χ4n) is 1.87. The molecule has 21 heavy (non-hydrogen) atoms. The molecule has 0 aliphatic carbocycles. The highest BCUT2D eigenvalue weighted by Gasteiger charge is 2.15. The van der Waals surface area contributed by atoms with E-state index in [2.05, 4.69) is 15.3 Å². The number of aryl methyl sites for hydroxylation is 1. The van der Waals surface area contributed by atoms with Crippen molar-refractivity contribution in [2.24, 2.45) is 0 Å². The number of aromatic nitrogens is 2. The minimum absolute atomic E-state index is 0.149. The van der Waals surface area contributed by atoms with Gasteiger partial charge in [0.05, 0.1) is 6.33 Å². The van der Waals surface area contributed by atoms with E-state index in [4.69, 9.17) is 16.3 Å². The van der Waals surface area contributed by atoms with E-state index < -0.39 is 6.10 Å². The zero-order valence-corrected chi connectivity index (χ0v) is 12.8. The lowest BCUT2D eigenvalue weighted by Gasteiger charge is -2.16. The minimum atomic E-state index is -0.563. The summed E-state index contributed by atoms with van der Waals surface area (Å²) in [6, 6.07) is 5.32. The van der Waals surface area contributed by atoms with Gasteiger partial charge in [-0.25, -0.2) is 4.98 Å². The molecule has 0 spiro atoms. The van der Waals surface area contributed by atoms with E-state index >= 15 is 0 Å². The second-order valence-electron chi connectivity index (χ2n) is 4.79. The molecule has 1 heterocycles. The Morgan fingerprint density at radius 1 is 1.52 bits per heavy atom. The van der Waals surface area contributed by atoms with E-state index in [9.17, 15) is 4.79 Å². The summed E-state index contributed by atoms with van der Waals surface area (Å²) in [4.78, 5) is 18.9. The first kappa shape index (κ1) is 15.4.